The van der Waals surface area contributed by atoms with Gasteiger partial charge in [-0.25, -0.2) is 4.39 Å². The zero-order valence-electron chi connectivity index (χ0n) is 13.8. The van der Waals surface area contributed by atoms with E-state index in [2.05, 4.69) is 16.3 Å². The summed E-state index contributed by atoms with van der Waals surface area (Å²) in [5.41, 5.74) is 8.56. The summed E-state index contributed by atoms with van der Waals surface area (Å²) in [4.78, 5) is 12.6. The van der Waals surface area contributed by atoms with Gasteiger partial charge in [-0.15, -0.1) is 0 Å². The number of aromatic nitrogens is 2. The van der Waals surface area contributed by atoms with Crippen molar-refractivity contribution < 1.29 is 13.9 Å². The number of halogens is 1. The maximum absolute atomic E-state index is 13.3. The normalized spacial score (nSPS) is 19.8. The highest BCUT2D eigenvalue weighted by Gasteiger charge is 2.39. The zero-order chi connectivity index (χ0) is 18.3. The van der Waals surface area contributed by atoms with Crippen molar-refractivity contribution in [2.45, 2.75) is 25.2 Å². The Hall–Kier alpha value is -3.40. The van der Waals surface area contributed by atoms with Crippen LogP contribution in [0, 0.1) is 17.1 Å². The Kier molecular flexibility index (Phi) is 3.81. The molecule has 2 aliphatic rings. The smallest absolute Gasteiger partial charge is 0.205 e. The van der Waals surface area contributed by atoms with Crippen LogP contribution in [0.4, 0.5) is 4.39 Å². The summed E-state index contributed by atoms with van der Waals surface area (Å²) >= 11 is 0. The number of ether oxygens (including phenoxy) is 1. The summed E-state index contributed by atoms with van der Waals surface area (Å²) in [7, 11) is 0. The molecule has 7 heteroatoms. The number of carbonyl (C=O) groups excluding carboxylic acids is 1. The van der Waals surface area contributed by atoms with E-state index in [0.29, 0.717) is 47.4 Å². The summed E-state index contributed by atoms with van der Waals surface area (Å²) in [5.74, 6) is -0.514. The number of allylic oxidation sites excluding steroid dienone is 3. The molecule has 6 nitrogen and oxygen atoms in total. The Bertz CT molecular complexity index is 995. The fraction of sp³-hybridized carbons (Fsp3) is 0.211. The number of aromatic amines is 1. The molecule has 0 saturated carbocycles. The molecule has 3 N–H and O–H groups in total. The van der Waals surface area contributed by atoms with E-state index >= 15 is 0 Å². The Morgan fingerprint density at radius 2 is 2.08 bits per heavy atom. The number of nitrogens with one attached hydrogen (secondary N) is 1. The van der Waals surface area contributed by atoms with Crippen LogP contribution in [-0.4, -0.2) is 16.0 Å². The topological polar surface area (TPSA) is 105 Å². The molecular formula is C19H15FN4O2. The summed E-state index contributed by atoms with van der Waals surface area (Å²) < 4.78 is 18.8. The van der Waals surface area contributed by atoms with Crippen LogP contribution < -0.4 is 5.73 Å². The second kappa shape index (κ2) is 6.15. The van der Waals surface area contributed by atoms with Gasteiger partial charge in [-0.3, -0.25) is 9.89 Å². The first-order valence-corrected chi connectivity index (χ1v) is 8.23. The minimum absolute atomic E-state index is 0.0113. The number of rotatable bonds is 2. The van der Waals surface area contributed by atoms with E-state index in [1.54, 1.807) is 18.3 Å². The van der Waals surface area contributed by atoms with Gasteiger partial charge in [0.25, 0.3) is 0 Å². The molecule has 2 aromatic rings. The van der Waals surface area contributed by atoms with Gasteiger partial charge < -0.3 is 10.5 Å². The van der Waals surface area contributed by atoms with Gasteiger partial charge in [-0.2, -0.15) is 10.4 Å². The van der Waals surface area contributed by atoms with Crippen LogP contribution >= 0.6 is 0 Å². The monoisotopic (exact) mass is 350 g/mol. The molecule has 0 saturated heterocycles. The fourth-order valence-corrected chi connectivity index (χ4v) is 3.53. The van der Waals surface area contributed by atoms with Crippen molar-refractivity contribution in [1.29, 1.82) is 5.26 Å². The Morgan fingerprint density at radius 1 is 1.31 bits per heavy atom. The molecule has 1 atom stereocenters. The van der Waals surface area contributed by atoms with E-state index in [4.69, 9.17) is 10.5 Å². The number of nitrogens with two attached hydrogens (primary N) is 1. The Morgan fingerprint density at radius 3 is 2.81 bits per heavy atom. The van der Waals surface area contributed by atoms with Crippen molar-refractivity contribution in [2.75, 3.05) is 0 Å². The van der Waals surface area contributed by atoms with Gasteiger partial charge >= 0.3 is 0 Å². The summed E-state index contributed by atoms with van der Waals surface area (Å²) in [6.45, 7) is 0. The molecule has 1 unspecified atom stereocenters. The molecule has 1 aromatic heterocycles. The molecule has 0 spiro atoms. The molecule has 1 aliphatic heterocycles. The maximum Gasteiger partial charge on any atom is 0.205 e. The van der Waals surface area contributed by atoms with E-state index in [0.717, 1.165) is 0 Å². The average Bonchev–Trinajstić information content (AvgIpc) is 3.10. The number of hydrogen-bond donors (Lipinski definition) is 2. The van der Waals surface area contributed by atoms with Gasteiger partial charge in [-0.1, -0.05) is 0 Å². The van der Waals surface area contributed by atoms with Gasteiger partial charge in [0.1, 0.15) is 23.2 Å². The second-order valence-corrected chi connectivity index (χ2v) is 6.25. The van der Waals surface area contributed by atoms with E-state index in [1.165, 1.54) is 12.1 Å². The quantitative estimate of drug-likeness (QED) is 0.866. The molecule has 1 aromatic carbocycles. The highest BCUT2D eigenvalue weighted by Crippen LogP contribution is 2.45. The van der Waals surface area contributed by atoms with E-state index in [-0.39, 0.29) is 23.1 Å². The molecule has 0 amide bonds. The van der Waals surface area contributed by atoms with Crippen LogP contribution in [0.5, 0.6) is 0 Å². The van der Waals surface area contributed by atoms with E-state index in [1.807, 2.05) is 0 Å². The first-order chi connectivity index (χ1) is 12.6. The molecular weight excluding hydrogens is 335 g/mol. The number of hydrogen-bond acceptors (Lipinski definition) is 5. The molecule has 0 radical (unpaired) electrons. The third-order valence-corrected chi connectivity index (χ3v) is 4.72. The standard InChI is InChI=1S/C19H15FN4O2/c20-11-6-4-10(5-7-11)18-13(9-23-24-18)16-12(8-21)19(22)26-15-3-1-2-14(25)17(15)16/h4-7,9,16H,1-3,22H2,(H,23,24). The average molecular weight is 350 g/mol. The van der Waals surface area contributed by atoms with Crippen molar-refractivity contribution in [3.8, 4) is 17.3 Å². The van der Waals surface area contributed by atoms with Crippen molar-refractivity contribution in [2.24, 2.45) is 5.73 Å². The summed E-state index contributed by atoms with van der Waals surface area (Å²) in [5, 5.41) is 16.6. The van der Waals surface area contributed by atoms with Crippen LogP contribution in [-0.2, 0) is 9.53 Å². The van der Waals surface area contributed by atoms with Gasteiger partial charge in [0, 0.05) is 29.5 Å². The van der Waals surface area contributed by atoms with E-state index < -0.39 is 5.92 Å². The maximum atomic E-state index is 13.3. The minimum atomic E-state index is -0.643. The van der Waals surface area contributed by atoms with Crippen LogP contribution in [0.3, 0.4) is 0 Å². The number of H-pyrrole nitrogens is 1. The lowest BCUT2D eigenvalue weighted by atomic mass is 9.77. The third-order valence-electron chi connectivity index (χ3n) is 4.72. The first-order valence-electron chi connectivity index (χ1n) is 8.23. The molecule has 26 heavy (non-hydrogen) atoms. The summed E-state index contributed by atoms with van der Waals surface area (Å²) in [6.07, 6.45) is 3.27. The van der Waals surface area contributed by atoms with E-state index in [9.17, 15) is 14.4 Å². The highest BCUT2D eigenvalue weighted by atomic mass is 19.1. The fourth-order valence-electron chi connectivity index (χ4n) is 3.53. The van der Waals surface area contributed by atoms with Gasteiger partial charge in [0.15, 0.2) is 5.78 Å². The number of Topliss-reactive ketones (excluding diaryl/α,β-unsaturated/α-hetero) is 1. The van der Waals surface area contributed by atoms with Crippen molar-refractivity contribution >= 4 is 5.78 Å². The number of nitriles is 1. The number of benzene rings is 1. The van der Waals surface area contributed by atoms with Crippen LogP contribution in [0.15, 0.2) is 53.3 Å². The van der Waals surface area contributed by atoms with Gasteiger partial charge in [0.05, 0.1) is 17.8 Å². The van der Waals surface area contributed by atoms with Crippen molar-refractivity contribution in [1.82, 2.24) is 10.2 Å². The molecule has 0 bridgehead atoms. The number of carbonyl (C=O) groups is 1. The highest BCUT2D eigenvalue weighted by molar-refractivity contribution is 5.99. The molecule has 1 aliphatic carbocycles. The zero-order valence-corrected chi connectivity index (χ0v) is 13.8. The molecule has 2 heterocycles. The predicted molar refractivity (Wildman–Crippen MR) is 90.5 cm³/mol. The lowest BCUT2D eigenvalue weighted by Gasteiger charge is -2.30. The molecule has 130 valence electrons. The third kappa shape index (κ3) is 2.47. The van der Waals surface area contributed by atoms with Crippen LogP contribution in [0.2, 0.25) is 0 Å². The minimum Gasteiger partial charge on any atom is -0.444 e. The van der Waals surface area contributed by atoms with Crippen LogP contribution in [0.25, 0.3) is 11.3 Å². The largest absolute Gasteiger partial charge is 0.444 e. The van der Waals surface area contributed by atoms with Crippen molar-refractivity contribution in [3.63, 3.8) is 0 Å². The van der Waals surface area contributed by atoms with Crippen molar-refractivity contribution in [3.05, 3.63) is 64.6 Å². The lowest BCUT2D eigenvalue weighted by Crippen LogP contribution is -2.27. The lowest BCUT2D eigenvalue weighted by molar-refractivity contribution is -0.116. The molecule has 0 fully saturated rings. The second-order valence-electron chi connectivity index (χ2n) is 6.25. The number of nitrogens with zero attached hydrogens (tertiary/aromatic N) is 2. The SMILES string of the molecule is N#CC1=C(N)OC2=C(C(=O)CCC2)C1c1cn[nH]c1-c1ccc(F)cc1. The Labute approximate surface area is 148 Å². The predicted octanol–water partition coefficient (Wildman–Crippen LogP) is 3.03. The number of ketones is 1. The van der Waals surface area contributed by atoms with Gasteiger partial charge in [0.2, 0.25) is 5.88 Å². The van der Waals surface area contributed by atoms with Gasteiger partial charge in [-0.05, 0) is 30.7 Å². The molecule has 4 rings (SSSR count). The van der Waals surface area contributed by atoms with Crippen LogP contribution in [0.1, 0.15) is 30.7 Å². The summed E-state index contributed by atoms with van der Waals surface area (Å²) in [6, 6.07) is 7.99. The Balaban J connectivity index is 1.90. The first kappa shape index (κ1) is 16.1.